The van der Waals surface area contributed by atoms with Crippen LogP contribution < -0.4 is 21.1 Å². The summed E-state index contributed by atoms with van der Waals surface area (Å²) in [6, 6.07) is 9.93. The van der Waals surface area contributed by atoms with Crippen molar-refractivity contribution in [3.8, 4) is 23.1 Å². The lowest BCUT2D eigenvalue weighted by molar-refractivity contribution is 0.166. The first kappa shape index (κ1) is 24.8. The highest BCUT2D eigenvalue weighted by Gasteiger charge is 2.22. The van der Waals surface area contributed by atoms with Gasteiger partial charge in [-0.1, -0.05) is 13.0 Å². The average molecular weight is 465 g/mol. The number of guanidine groups is 1. The van der Waals surface area contributed by atoms with Crippen LogP contribution in [0, 0.1) is 11.3 Å². The van der Waals surface area contributed by atoms with E-state index < -0.39 is 0 Å². The number of aromatic nitrogens is 3. The molecule has 0 amide bonds. The molecule has 0 radical (unpaired) electrons. The van der Waals surface area contributed by atoms with Crippen LogP contribution in [0.1, 0.15) is 37.4 Å². The van der Waals surface area contributed by atoms with Gasteiger partial charge in [0.15, 0.2) is 5.96 Å². The number of hydrogen-bond donors (Lipinski definition) is 4. The lowest BCUT2D eigenvalue weighted by Gasteiger charge is -2.22. The standard InChI is InChI=1S/C24H32N8O2/c1-6-18(29-15(2)14-33-4)22-17(12-25)13-27-23(22)31-24(26)30-19-8-7-16(11-21(19)34-5)20-9-10-28-32(20)3/h7-11,13,15,18,27,29H,6,14H2,1-5H3,(H3,26,30,31)/t15-,18?/m1/s1. The molecule has 1 unspecified atom stereocenters. The molecule has 10 nitrogen and oxygen atoms in total. The van der Waals surface area contributed by atoms with Gasteiger partial charge in [-0.05, 0) is 31.5 Å². The summed E-state index contributed by atoms with van der Waals surface area (Å²) in [4.78, 5) is 7.62. The van der Waals surface area contributed by atoms with Crippen molar-refractivity contribution < 1.29 is 9.47 Å². The van der Waals surface area contributed by atoms with E-state index in [4.69, 9.17) is 15.2 Å². The summed E-state index contributed by atoms with van der Waals surface area (Å²) in [7, 11) is 5.15. The van der Waals surface area contributed by atoms with E-state index in [2.05, 4.69) is 38.7 Å². The summed E-state index contributed by atoms with van der Waals surface area (Å²) in [6.07, 6.45) is 4.16. The maximum atomic E-state index is 9.63. The molecular weight excluding hydrogens is 432 g/mol. The largest absolute Gasteiger partial charge is 0.495 e. The van der Waals surface area contributed by atoms with Crippen LogP contribution in [0.4, 0.5) is 11.5 Å². The van der Waals surface area contributed by atoms with Crippen molar-refractivity contribution in [3.63, 3.8) is 0 Å². The Morgan fingerprint density at radius 3 is 2.76 bits per heavy atom. The van der Waals surface area contributed by atoms with Crippen LogP contribution >= 0.6 is 0 Å². The summed E-state index contributed by atoms with van der Waals surface area (Å²) in [5.74, 6) is 1.30. The fraction of sp³-hybridized carbons (Fsp3) is 0.375. The quantitative estimate of drug-likeness (QED) is 0.266. The molecule has 0 spiro atoms. The Bertz CT molecular complexity index is 1170. The van der Waals surface area contributed by atoms with Crippen LogP contribution in [0.15, 0.2) is 41.7 Å². The predicted molar refractivity (Wildman–Crippen MR) is 133 cm³/mol. The minimum atomic E-state index is -0.0923. The van der Waals surface area contributed by atoms with Crippen molar-refractivity contribution in [2.75, 3.05) is 26.1 Å². The van der Waals surface area contributed by atoms with Crippen LogP contribution in [-0.4, -0.2) is 47.6 Å². The normalized spacial score (nSPS) is 13.4. The Morgan fingerprint density at radius 1 is 1.35 bits per heavy atom. The molecule has 3 aromatic rings. The fourth-order valence-electron chi connectivity index (χ4n) is 3.91. The molecule has 0 bridgehead atoms. The summed E-state index contributed by atoms with van der Waals surface area (Å²) < 4.78 is 12.6. The van der Waals surface area contributed by atoms with E-state index >= 15 is 0 Å². The molecule has 0 aliphatic rings. The summed E-state index contributed by atoms with van der Waals surface area (Å²) in [5.41, 5.74) is 10.1. The van der Waals surface area contributed by atoms with Crippen LogP contribution in [-0.2, 0) is 11.8 Å². The van der Waals surface area contributed by atoms with E-state index in [9.17, 15) is 5.26 Å². The molecule has 0 aliphatic heterocycles. The maximum Gasteiger partial charge on any atom is 0.199 e. The topological polar surface area (TPSA) is 138 Å². The lowest BCUT2D eigenvalue weighted by Crippen LogP contribution is -2.33. The second-order valence-corrected chi connectivity index (χ2v) is 7.94. The summed E-state index contributed by atoms with van der Waals surface area (Å²) in [6.45, 7) is 4.64. The monoisotopic (exact) mass is 464 g/mol. The van der Waals surface area contributed by atoms with Gasteiger partial charge < -0.3 is 30.8 Å². The second-order valence-electron chi connectivity index (χ2n) is 7.94. The molecule has 1 aromatic carbocycles. The van der Waals surface area contributed by atoms with Crippen molar-refractivity contribution in [3.05, 3.63) is 47.8 Å². The van der Waals surface area contributed by atoms with E-state index in [1.807, 2.05) is 38.2 Å². The van der Waals surface area contributed by atoms with E-state index in [0.717, 1.165) is 23.2 Å². The third-order valence-electron chi connectivity index (χ3n) is 5.49. The Kier molecular flexibility index (Phi) is 8.29. The highest BCUT2D eigenvalue weighted by atomic mass is 16.5. The van der Waals surface area contributed by atoms with Gasteiger partial charge in [0.1, 0.15) is 17.6 Å². The zero-order valence-electron chi connectivity index (χ0n) is 20.2. The van der Waals surface area contributed by atoms with Gasteiger partial charge in [-0.25, -0.2) is 0 Å². The smallest absolute Gasteiger partial charge is 0.199 e. The highest BCUT2D eigenvalue weighted by molar-refractivity contribution is 5.95. The predicted octanol–water partition coefficient (Wildman–Crippen LogP) is 3.43. The molecular formula is C24H32N8O2. The fourth-order valence-corrected chi connectivity index (χ4v) is 3.91. The molecule has 2 heterocycles. The SMILES string of the molecule is CCC(N[C@H](C)COC)c1c(C#N)c[nH]c1N=C(N)Nc1ccc(-c2ccnn2C)cc1OC. The molecule has 2 atom stereocenters. The molecule has 180 valence electrons. The first-order valence-electron chi connectivity index (χ1n) is 11.1. The van der Waals surface area contributed by atoms with E-state index in [1.54, 1.807) is 31.3 Å². The van der Waals surface area contributed by atoms with Crippen molar-refractivity contribution in [2.45, 2.75) is 32.4 Å². The van der Waals surface area contributed by atoms with Crippen molar-refractivity contribution in [1.29, 1.82) is 5.26 Å². The maximum absolute atomic E-state index is 9.63. The number of anilines is 1. The number of nitrogens with zero attached hydrogens (tertiary/aromatic N) is 4. The molecule has 10 heteroatoms. The first-order valence-corrected chi connectivity index (χ1v) is 11.1. The van der Waals surface area contributed by atoms with Gasteiger partial charge in [-0.2, -0.15) is 15.4 Å². The molecule has 2 aromatic heterocycles. The summed E-state index contributed by atoms with van der Waals surface area (Å²) in [5, 5.41) is 20.5. The minimum absolute atomic E-state index is 0.0923. The number of aliphatic imine (C=N–C) groups is 1. The molecule has 0 fully saturated rings. The molecule has 5 N–H and O–H groups in total. The van der Waals surface area contributed by atoms with Gasteiger partial charge in [-0.3, -0.25) is 4.68 Å². The number of aromatic amines is 1. The number of nitrogens with one attached hydrogen (secondary N) is 3. The Morgan fingerprint density at radius 2 is 2.15 bits per heavy atom. The third-order valence-corrected chi connectivity index (χ3v) is 5.49. The number of rotatable bonds is 10. The van der Waals surface area contributed by atoms with Gasteiger partial charge in [-0.15, -0.1) is 0 Å². The van der Waals surface area contributed by atoms with Gasteiger partial charge in [0, 0.05) is 49.8 Å². The van der Waals surface area contributed by atoms with E-state index in [-0.39, 0.29) is 18.0 Å². The zero-order chi connectivity index (χ0) is 24.7. The van der Waals surface area contributed by atoms with Crippen LogP contribution in [0.3, 0.4) is 0 Å². The molecule has 3 rings (SSSR count). The number of nitriles is 1. The van der Waals surface area contributed by atoms with Crippen molar-refractivity contribution in [1.82, 2.24) is 20.1 Å². The zero-order valence-corrected chi connectivity index (χ0v) is 20.2. The second kappa shape index (κ2) is 11.4. The molecule has 0 saturated carbocycles. The minimum Gasteiger partial charge on any atom is -0.495 e. The molecule has 0 saturated heterocycles. The number of methoxy groups -OCH3 is 2. The first-order chi connectivity index (χ1) is 16.4. The van der Waals surface area contributed by atoms with Crippen LogP contribution in [0.25, 0.3) is 11.3 Å². The number of ether oxygens (including phenoxy) is 2. The lowest BCUT2D eigenvalue weighted by atomic mass is 10.0. The van der Waals surface area contributed by atoms with Gasteiger partial charge in [0.2, 0.25) is 0 Å². The van der Waals surface area contributed by atoms with E-state index in [0.29, 0.717) is 29.4 Å². The van der Waals surface area contributed by atoms with Gasteiger partial charge in [0.25, 0.3) is 0 Å². The molecule has 0 aliphatic carbocycles. The Labute approximate surface area is 199 Å². The number of hydrogen-bond acceptors (Lipinski definition) is 6. The van der Waals surface area contributed by atoms with Gasteiger partial charge >= 0.3 is 0 Å². The molecule has 34 heavy (non-hydrogen) atoms. The van der Waals surface area contributed by atoms with Crippen molar-refractivity contribution in [2.24, 2.45) is 17.8 Å². The summed E-state index contributed by atoms with van der Waals surface area (Å²) >= 11 is 0. The number of aryl methyl sites for hydroxylation is 1. The van der Waals surface area contributed by atoms with E-state index in [1.165, 1.54) is 0 Å². The van der Waals surface area contributed by atoms with Crippen LogP contribution in [0.2, 0.25) is 0 Å². The number of nitrogens with two attached hydrogens (primary N) is 1. The Balaban J connectivity index is 1.88. The van der Waals surface area contributed by atoms with Crippen LogP contribution in [0.5, 0.6) is 5.75 Å². The number of benzene rings is 1. The number of H-pyrrole nitrogens is 1. The Hall–Kier alpha value is -3.81. The van der Waals surface area contributed by atoms with Crippen molar-refractivity contribution >= 4 is 17.5 Å². The third kappa shape index (κ3) is 5.57. The average Bonchev–Trinajstić information content (AvgIpc) is 3.43. The van der Waals surface area contributed by atoms with Gasteiger partial charge in [0.05, 0.1) is 30.7 Å². The highest BCUT2D eigenvalue weighted by Crippen LogP contribution is 2.32.